The van der Waals surface area contributed by atoms with Gasteiger partial charge in [-0.3, -0.25) is 4.79 Å². The van der Waals surface area contributed by atoms with Crippen molar-refractivity contribution in [1.29, 1.82) is 5.26 Å². The van der Waals surface area contributed by atoms with Crippen molar-refractivity contribution in [3.8, 4) is 11.8 Å². The summed E-state index contributed by atoms with van der Waals surface area (Å²) in [7, 11) is 0. The Balaban J connectivity index is 2.07. The molecule has 21 heavy (non-hydrogen) atoms. The maximum atomic E-state index is 12.1. The highest BCUT2D eigenvalue weighted by molar-refractivity contribution is 9.10. The Morgan fingerprint density at radius 3 is 2.62 bits per heavy atom. The van der Waals surface area contributed by atoms with Crippen LogP contribution >= 0.6 is 27.5 Å². The van der Waals surface area contributed by atoms with Crippen LogP contribution in [0.15, 0.2) is 46.9 Å². The lowest BCUT2D eigenvalue weighted by Gasteiger charge is -2.08. The summed E-state index contributed by atoms with van der Waals surface area (Å²) in [6.45, 7) is -0.0105. The largest absolute Gasteiger partial charge is 0.479 e. The number of nitrogens with one attached hydrogen (secondary N) is 1. The van der Waals surface area contributed by atoms with Crippen molar-refractivity contribution in [3.05, 3.63) is 57.5 Å². The second-order valence-corrected chi connectivity index (χ2v) is 5.34. The standard InChI is InChI=1S/C15H10BrClN2O2/c16-14-9-10(17)1-6-13(14)15(20)19-11-2-4-12(5-3-11)21-8-7-18/h1-6,9H,8H2,(H,19,20). The number of rotatable bonds is 4. The van der Waals surface area contributed by atoms with E-state index in [1.165, 1.54) is 0 Å². The Kier molecular flexibility index (Phi) is 5.20. The summed E-state index contributed by atoms with van der Waals surface area (Å²) in [6, 6.07) is 13.6. The SMILES string of the molecule is N#CCOc1ccc(NC(=O)c2ccc(Cl)cc2Br)cc1. The van der Waals surface area contributed by atoms with Gasteiger partial charge in [-0.1, -0.05) is 11.6 Å². The zero-order valence-electron chi connectivity index (χ0n) is 10.8. The van der Waals surface area contributed by atoms with E-state index in [1.54, 1.807) is 42.5 Å². The van der Waals surface area contributed by atoms with Gasteiger partial charge < -0.3 is 10.1 Å². The van der Waals surface area contributed by atoms with Crippen LogP contribution in [0.25, 0.3) is 0 Å². The van der Waals surface area contributed by atoms with Gasteiger partial charge in [0, 0.05) is 15.2 Å². The third kappa shape index (κ3) is 4.22. The second kappa shape index (κ2) is 7.11. The number of benzene rings is 2. The average molecular weight is 366 g/mol. The fourth-order valence-electron chi connectivity index (χ4n) is 1.62. The Labute approximate surface area is 135 Å². The minimum absolute atomic E-state index is 0.0105. The lowest BCUT2D eigenvalue weighted by molar-refractivity contribution is 0.102. The van der Waals surface area contributed by atoms with E-state index in [9.17, 15) is 4.79 Å². The lowest BCUT2D eigenvalue weighted by atomic mass is 10.2. The number of amides is 1. The molecule has 0 spiro atoms. The van der Waals surface area contributed by atoms with Gasteiger partial charge in [0.15, 0.2) is 6.61 Å². The van der Waals surface area contributed by atoms with Gasteiger partial charge in [0.1, 0.15) is 11.8 Å². The average Bonchev–Trinajstić information content (AvgIpc) is 2.46. The van der Waals surface area contributed by atoms with Crippen LogP contribution in [0.3, 0.4) is 0 Å². The molecule has 0 fully saturated rings. The van der Waals surface area contributed by atoms with Gasteiger partial charge in [-0.15, -0.1) is 0 Å². The van der Waals surface area contributed by atoms with Gasteiger partial charge in [-0.25, -0.2) is 0 Å². The molecule has 0 bridgehead atoms. The normalized spacial score (nSPS) is 9.76. The number of halogens is 2. The van der Waals surface area contributed by atoms with Crippen LogP contribution < -0.4 is 10.1 Å². The van der Waals surface area contributed by atoms with Gasteiger partial charge >= 0.3 is 0 Å². The highest BCUT2D eigenvalue weighted by Gasteiger charge is 2.10. The van der Waals surface area contributed by atoms with Crippen LogP contribution in [-0.4, -0.2) is 12.5 Å². The van der Waals surface area contributed by atoms with Crippen molar-refractivity contribution in [2.24, 2.45) is 0 Å². The van der Waals surface area contributed by atoms with Gasteiger partial charge in [0.05, 0.1) is 5.56 Å². The Bertz CT molecular complexity index is 696. The third-order valence-corrected chi connectivity index (χ3v) is 3.48. The molecular formula is C15H10BrClN2O2. The van der Waals surface area contributed by atoms with Gasteiger partial charge in [-0.2, -0.15) is 5.26 Å². The maximum Gasteiger partial charge on any atom is 0.256 e. The molecule has 6 heteroatoms. The summed E-state index contributed by atoms with van der Waals surface area (Å²) in [5.74, 6) is 0.325. The minimum atomic E-state index is -0.246. The number of nitriles is 1. The molecule has 1 N–H and O–H groups in total. The van der Waals surface area contributed by atoms with Crippen molar-refractivity contribution in [1.82, 2.24) is 0 Å². The molecule has 0 aliphatic carbocycles. The molecule has 0 aliphatic rings. The van der Waals surface area contributed by atoms with Crippen LogP contribution in [-0.2, 0) is 0 Å². The number of ether oxygens (including phenoxy) is 1. The fourth-order valence-corrected chi connectivity index (χ4v) is 2.48. The summed E-state index contributed by atoms with van der Waals surface area (Å²) in [5, 5.41) is 11.7. The van der Waals surface area contributed by atoms with E-state index < -0.39 is 0 Å². The van der Waals surface area contributed by atoms with Crippen LogP contribution in [0.1, 0.15) is 10.4 Å². The molecule has 106 valence electrons. The molecule has 2 aromatic rings. The molecule has 0 unspecified atom stereocenters. The van der Waals surface area contributed by atoms with Gasteiger partial charge in [0.25, 0.3) is 5.91 Å². The molecule has 0 radical (unpaired) electrons. The molecule has 0 aromatic heterocycles. The second-order valence-electron chi connectivity index (χ2n) is 4.05. The predicted molar refractivity (Wildman–Crippen MR) is 84.7 cm³/mol. The van der Waals surface area contributed by atoms with Crippen molar-refractivity contribution in [3.63, 3.8) is 0 Å². The van der Waals surface area contributed by atoms with Crippen molar-refractivity contribution in [2.45, 2.75) is 0 Å². The first kappa shape index (κ1) is 15.4. The van der Waals surface area contributed by atoms with E-state index in [1.807, 2.05) is 6.07 Å². The van der Waals surface area contributed by atoms with Crippen molar-refractivity contribution >= 4 is 39.1 Å². The summed E-state index contributed by atoms with van der Waals surface area (Å²) >= 11 is 9.15. The first-order valence-corrected chi connectivity index (χ1v) is 7.13. The first-order chi connectivity index (χ1) is 10.1. The number of hydrogen-bond donors (Lipinski definition) is 1. The van der Waals surface area contributed by atoms with Crippen LogP contribution in [0.4, 0.5) is 5.69 Å². The number of carbonyl (C=O) groups is 1. The third-order valence-electron chi connectivity index (χ3n) is 2.59. The van der Waals surface area contributed by atoms with E-state index in [-0.39, 0.29) is 12.5 Å². The molecular weight excluding hydrogens is 356 g/mol. The quantitative estimate of drug-likeness (QED) is 0.880. The fraction of sp³-hybridized carbons (Fsp3) is 0.0667. The zero-order chi connectivity index (χ0) is 15.2. The Morgan fingerprint density at radius 1 is 1.29 bits per heavy atom. The van der Waals surface area contributed by atoms with E-state index in [4.69, 9.17) is 21.6 Å². The monoisotopic (exact) mass is 364 g/mol. The molecule has 0 aliphatic heterocycles. The number of hydrogen-bond acceptors (Lipinski definition) is 3. The molecule has 0 saturated heterocycles. The topological polar surface area (TPSA) is 62.1 Å². The van der Waals surface area contributed by atoms with Gasteiger partial charge in [0.2, 0.25) is 0 Å². The highest BCUT2D eigenvalue weighted by atomic mass is 79.9. The zero-order valence-corrected chi connectivity index (χ0v) is 13.1. The van der Waals surface area contributed by atoms with Crippen molar-refractivity contribution < 1.29 is 9.53 Å². The predicted octanol–water partition coefficient (Wildman–Crippen LogP) is 4.26. The lowest BCUT2D eigenvalue weighted by Crippen LogP contribution is -2.12. The molecule has 0 saturated carbocycles. The van der Waals surface area contributed by atoms with Gasteiger partial charge in [-0.05, 0) is 58.4 Å². The number of anilines is 1. The summed E-state index contributed by atoms with van der Waals surface area (Å²) in [6.07, 6.45) is 0. The number of nitrogens with zero attached hydrogens (tertiary/aromatic N) is 1. The smallest absolute Gasteiger partial charge is 0.256 e. The molecule has 2 rings (SSSR count). The summed E-state index contributed by atoms with van der Waals surface area (Å²) in [4.78, 5) is 12.1. The van der Waals surface area contributed by atoms with Crippen LogP contribution in [0.2, 0.25) is 5.02 Å². The molecule has 4 nitrogen and oxygen atoms in total. The van der Waals surface area contributed by atoms with Crippen molar-refractivity contribution in [2.75, 3.05) is 11.9 Å². The van der Waals surface area contributed by atoms with E-state index >= 15 is 0 Å². The Morgan fingerprint density at radius 2 is 2.00 bits per heavy atom. The highest BCUT2D eigenvalue weighted by Crippen LogP contribution is 2.23. The summed E-state index contributed by atoms with van der Waals surface area (Å²) < 4.78 is 5.76. The van der Waals surface area contributed by atoms with Crippen LogP contribution in [0, 0.1) is 11.3 Å². The molecule has 0 atom stereocenters. The minimum Gasteiger partial charge on any atom is -0.479 e. The molecule has 2 aromatic carbocycles. The Hall–Kier alpha value is -2.03. The summed E-state index contributed by atoms with van der Waals surface area (Å²) in [5.41, 5.74) is 1.12. The van der Waals surface area contributed by atoms with E-state index in [0.717, 1.165) is 0 Å². The molecule has 1 amide bonds. The van der Waals surface area contributed by atoms with E-state index in [2.05, 4.69) is 21.2 Å². The number of carbonyl (C=O) groups excluding carboxylic acids is 1. The first-order valence-electron chi connectivity index (χ1n) is 5.96. The van der Waals surface area contributed by atoms with Crippen LogP contribution in [0.5, 0.6) is 5.75 Å². The molecule has 0 heterocycles. The van der Waals surface area contributed by atoms with E-state index in [0.29, 0.717) is 26.5 Å². The maximum absolute atomic E-state index is 12.1.